The largest absolute Gasteiger partial charge is 0.478 e. The summed E-state index contributed by atoms with van der Waals surface area (Å²) in [6.07, 6.45) is 2.44. The molecule has 0 aromatic carbocycles. The quantitative estimate of drug-likeness (QED) is 0.0357. The molecule has 3 N–H and O–H groups in total. The number of hydrogen-bond acceptors (Lipinski definition) is 32. The van der Waals surface area contributed by atoms with Crippen molar-refractivity contribution in [3.8, 4) is 0 Å². The van der Waals surface area contributed by atoms with Crippen LogP contribution in [0.5, 0.6) is 0 Å². The fraction of sp³-hybridized carbons (Fsp3) is 0.871. The number of carboxylic acids is 1. The molecule has 0 spiro atoms. The third kappa shape index (κ3) is 52.7. The number of hydroxylamine groups is 1. The standard InChI is InChI=1S/C62H111N3O32/c66-56(5-7-64-57(67)1-2-58(64)68)6-8-74-9-10-75-11-12-76-13-14-77-15-16-78-17-18-79-19-20-80-21-22-81-23-24-82-25-26-83-27-28-84-29-30-85-31-32-86-33-34-87-35-36-88-37-38-89-39-40-90-41-42-91-43-44-92-45-46-93-47-48-94-49-50-95-51-52-96-53-54-97-55-62(63-73,61(71)72)65-59(69)3-4-60(65)70/h1-2,63,73H,3-55H2,(H,71,72). The van der Waals surface area contributed by atoms with E-state index in [2.05, 4.69) is 0 Å². The Hall–Kier alpha value is -3.88. The lowest BCUT2D eigenvalue weighted by atomic mass is 10.1. The molecule has 1 atom stereocenters. The highest BCUT2D eigenvalue weighted by Crippen LogP contribution is 2.23. The molecule has 35 heteroatoms. The molecule has 1 fully saturated rings. The van der Waals surface area contributed by atoms with Crippen LogP contribution < -0.4 is 5.48 Å². The Bertz CT molecular complexity index is 1890. The maximum Gasteiger partial charge on any atom is 0.350 e. The van der Waals surface area contributed by atoms with Gasteiger partial charge in [0, 0.05) is 44.4 Å². The first-order valence-corrected chi connectivity index (χ1v) is 33.1. The van der Waals surface area contributed by atoms with E-state index in [1.165, 1.54) is 12.2 Å². The van der Waals surface area contributed by atoms with E-state index in [4.69, 9.17) is 114 Å². The van der Waals surface area contributed by atoms with Crippen molar-refractivity contribution >= 4 is 35.4 Å². The van der Waals surface area contributed by atoms with Crippen LogP contribution in [0.1, 0.15) is 25.7 Å². The fourth-order valence-electron chi connectivity index (χ4n) is 7.83. The zero-order chi connectivity index (χ0) is 69.7. The Balaban J connectivity index is 1.11. The molecular weight excluding hydrogens is 1300 g/mol. The maximum atomic E-state index is 12.0. The Morgan fingerprint density at radius 1 is 0.309 bits per heavy atom. The van der Waals surface area contributed by atoms with Gasteiger partial charge in [-0.2, -0.15) is 5.48 Å². The second-order valence-corrected chi connectivity index (χ2v) is 20.2. The highest BCUT2D eigenvalue weighted by atomic mass is 16.6. The molecule has 1 saturated heterocycles. The van der Waals surface area contributed by atoms with Gasteiger partial charge in [0.1, 0.15) is 5.78 Å². The number of nitrogens with one attached hydrogen (secondary N) is 1. The average molecular weight is 1410 g/mol. The molecule has 0 aromatic rings. The number of Topliss-reactive ketones (excluding diaryl/α,β-unsaturated/α-hetero) is 1. The lowest BCUT2D eigenvalue weighted by Crippen LogP contribution is -2.67. The van der Waals surface area contributed by atoms with Crippen molar-refractivity contribution in [2.75, 3.05) is 324 Å². The summed E-state index contributed by atoms with van der Waals surface area (Å²) in [5.41, 5.74) is -0.853. The number of carbonyl (C=O) groups excluding carboxylic acids is 5. The first-order chi connectivity index (χ1) is 47.7. The smallest absolute Gasteiger partial charge is 0.350 e. The van der Waals surface area contributed by atoms with Crippen molar-refractivity contribution in [3.63, 3.8) is 0 Å². The van der Waals surface area contributed by atoms with Crippen LogP contribution >= 0.6 is 0 Å². The lowest BCUT2D eigenvalue weighted by Gasteiger charge is -2.34. The van der Waals surface area contributed by atoms with Crippen LogP contribution in [0.2, 0.25) is 0 Å². The molecule has 2 aliphatic heterocycles. The summed E-state index contributed by atoms with van der Waals surface area (Å²) >= 11 is 0. The van der Waals surface area contributed by atoms with E-state index in [9.17, 15) is 39.1 Å². The highest BCUT2D eigenvalue weighted by molar-refractivity contribution is 6.13. The molecule has 0 aromatic heterocycles. The van der Waals surface area contributed by atoms with Crippen molar-refractivity contribution in [2.24, 2.45) is 0 Å². The number of likely N-dealkylation sites (tertiary alicyclic amines) is 1. The number of amides is 4. The first-order valence-electron chi connectivity index (χ1n) is 33.1. The number of imide groups is 2. The predicted octanol–water partition coefficient (Wildman–Crippen LogP) is -1.43. The molecular formula is C62H111N3O32. The predicted molar refractivity (Wildman–Crippen MR) is 336 cm³/mol. The van der Waals surface area contributed by atoms with E-state index >= 15 is 0 Å². The summed E-state index contributed by atoms with van der Waals surface area (Å²) in [7, 11) is 0. The van der Waals surface area contributed by atoms with E-state index < -0.39 is 41.9 Å². The number of carbonyl (C=O) groups is 6. The van der Waals surface area contributed by atoms with Gasteiger partial charge in [-0.1, -0.05) is 0 Å². The van der Waals surface area contributed by atoms with Crippen molar-refractivity contribution in [3.05, 3.63) is 12.2 Å². The van der Waals surface area contributed by atoms with Crippen LogP contribution in [-0.2, 0) is 142 Å². The second kappa shape index (κ2) is 67.9. The zero-order valence-corrected chi connectivity index (χ0v) is 56.7. The van der Waals surface area contributed by atoms with E-state index in [0.29, 0.717) is 289 Å². The summed E-state index contributed by atoms with van der Waals surface area (Å²) in [4.78, 5) is 72.2. The average Bonchev–Trinajstić information content (AvgIpc) is 1.72. The number of aliphatic carboxylic acids is 1. The number of ketones is 1. The summed E-state index contributed by atoms with van der Waals surface area (Å²) in [5.74, 6) is -3.93. The molecule has 0 radical (unpaired) electrons. The van der Waals surface area contributed by atoms with E-state index in [1.807, 2.05) is 0 Å². The van der Waals surface area contributed by atoms with E-state index in [0.717, 1.165) is 4.90 Å². The lowest BCUT2D eigenvalue weighted by molar-refractivity contribution is -0.182. The number of hydrogen-bond donors (Lipinski definition) is 3. The summed E-state index contributed by atoms with van der Waals surface area (Å²) in [6.45, 7) is 18.8. The van der Waals surface area contributed by atoms with Crippen molar-refractivity contribution in [1.82, 2.24) is 15.3 Å². The normalized spacial score (nSPS) is 14.0. The molecule has 35 nitrogen and oxygen atoms in total. The fourth-order valence-corrected chi connectivity index (χ4v) is 7.83. The van der Waals surface area contributed by atoms with Crippen LogP contribution in [0.4, 0.5) is 0 Å². The third-order valence-corrected chi connectivity index (χ3v) is 12.9. The van der Waals surface area contributed by atoms with Crippen LogP contribution in [0.3, 0.4) is 0 Å². The van der Waals surface area contributed by atoms with Crippen molar-refractivity contribution < 1.29 is 153 Å². The van der Waals surface area contributed by atoms with Gasteiger partial charge in [0.05, 0.1) is 317 Å². The zero-order valence-electron chi connectivity index (χ0n) is 56.7. The van der Waals surface area contributed by atoms with Gasteiger partial charge in [0.2, 0.25) is 17.5 Å². The molecule has 0 saturated carbocycles. The van der Waals surface area contributed by atoms with Crippen LogP contribution in [0.15, 0.2) is 12.2 Å². The second-order valence-electron chi connectivity index (χ2n) is 20.2. The van der Waals surface area contributed by atoms with Gasteiger partial charge < -0.3 is 124 Å². The molecule has 0 bridgehead atoms. The number of carboxylic acid groups (broad SMARTS) is 1. The third-order valence-electron chi connectivity index (χ3n) is 12.9. The van der Waals surface area contributed by atoms with E-state index in [-0.39, 0.29) is 64.4 Å². The van der Waals surface area contributed by atoms with Gasteiger partial charge in [-0.15, -0.1) is 0 Å². The molecule has 566 valence electrons. The van der Waals surface area contributed by atoms with Gasteiger partial charge in [-0.05, 0) is 0 Å². The topological polar surface area (TPSA) is 383 Å². The number of ether oxygens (including phenoxy) is 24. The van der Waals surface area contributed by atoms with Crippen molar-refractivity contribution in [2.45, 2.75) is 31.3 Å². The van der Waals surface area contributed by atoms with Crippen molar-refractivity contribution in [1.29, 1.82) is 0 Å². The molecule has 1 unspecified atom stereocenters. The van der Waals surface area contributed by atoms with Gasteiger partial charge in [0.15, 0.2) is 0 Å². The molecule has 2 rings (SSSR count). The monoisotopic (exact) mass is 1410 g/mol. The summed E-state index contributed by atoms with van der Waals surface area (Å²) in [5, 5.41) is 19.0. The highest BCUT2D eigenvalue weighted by Gasteiger charge is 2.52. The molecule has 2 heterocycles. The van der Waals surface area contributed by atoms with Gasteiger partial charge in [-0.3, -0.25) is 28.9 Å². The first kappa shape index (κ1) is 89.2. The van der Waals surface area contributed by atoms with Crippen LogP contribution in [-0.4, -0.2) is 385 Å². The SMILES string of the molecule is O=C(CCOCCOCCOCCOCCOCCOCCOCCOCCOCCOCCOCCOCCOCCOCCOCCOCCOCCOCCOCCOCCOCCOCCOCCOCC(NO)(C(=O)O)N1C(=O)CCC1=O)CCN1C(=O)C=CC1=O. The van der Waals surface area contributed by atoms with Gasteiger partial charge in [-0.25, -0.2) is 9.69 Å². The molecule has 97 heavy (non-hydrogen) atoms. The molecule has 4 amide bonds. The van der Waals surface area contributed by atoms with E-state index in [1.54, 1.807) is 5.48 Å². The minimum atomic E-state index is -2.41. The molecule has 2 aliphatic rings. The Morgan fingerprint density at radius 3 is 0.680 bits per heavy atom. The minimum Gasteiger partial charge on any atom is -0.478 e. The van der Waals surface area contributed by atoms with Gasteiger partial charge in [0.25, 0.3) is 11.8 Å². The summed E-state index contributed by atoms with van der Waals surface area (Å²) in [6, 6.07) is 0. The molecule has 0 aliphatic carbocycles. The Kier molecular flexibility index (Phi) is 62.5. The number of nitrogens with zero attached hydrogens (tertiary/aromatic N) is 2. The summed E-state index contributed by atoms with van der Waals surface area (Å²) < 4.78 is 132. The minimum absolute atomic E-state index is 0.0469. The number of rotatable bonds is 80. The van der Waals surface area contributed by atoms with Gasteiger partial charge >= 0.3 is 5.97 Å². The van der Waals surface area contributed by atoms with Crippen LogP contribution in [0.25, 0.3) is 0 Å². The maximum absolute atomic E-state index is 12.0. The Labute approximate surface area is 569 Å². The Morgan fingerprint density at radius 2 is 0.495 bits per heavy atom. The van der Waals surface area contributed by atoms with Crippen LogP contribution in [0, 0.1) is 0 Å².